The van der Waals surface area contributed by atoms with Gasteiger partial charge >= 0.3 is 0 Å². The van der Waals surface area contributed by atoms with Crippen LogP contribution in [0.25, 0.3) is 0 Å². The van der Waals surface area contributed by atoms with Gasteiger partial charge in [-0.1, -0.05) is 26.0 Å². The van der Waals surface area contributed by atoms with Crippen molar-refractivity contribution in [3.05, 3.63) is 47.5 Å². The summed E-state index contributed by atoms with van der Waals surface area (Å²) in [4.78, 5) is 0. The number of ether oxygens (including phenoxy) is 3. The summed E-state index contributed by atoms with van der Waals surface area (Å²) in [6.45, 7) is 4.84. The third-order valence-corrected chi connectivity index (χ3v) is 4.77. The van der Waals surface area contributed by atoms with Gasteiger partial charge in [-0.3, -0.25) is 0 Å². The molecule has 0 spiro atoms. The van der Waals surface area contributed by atoms with E-state index in [9.17, 15) is 5.11 Å². The second kappa shape index (κ2) is 7.04. The van der Waals surface area contributed by atoms with Gasteiger partial charge in [0.25, 0.3) is 0 Å². The van der Waals surface area contributed by atoms with Crippen molar-refractivity contribution in [2.75, 3.05) is 13.9 Å². The van der Waals surface area contributed by atoms with Crippen LogP contribution in [-0.4, -0.2) is 19.0 Å². The summed E-state index contributed by atoms with van der Waals surface area (Å²) in [6, 6.07) is 11.7. The zero-order chi connectivity index (χ0) is 17.1. The van der Waals surface area contributed by atoms with E-state index in [2.05, 4.69) is 26.0 Å². The zero-order valence-corrected chi connectivity index (χ0v) is 14.4. The Morgan fingerprint density at radius 3 is 2.29 bits per heavy atom. The standard InChI is InChI=1S/C20H24O4/c1-13(8-15-4-6-17(21)19(10-15)22-3)14(2)9-16-5-7-18-20(11-16)24-12-23-18/h4-7,10-11,13-14,21H,8-9,12H2,1-3H3/t13-,14+/m1/s1. The van der Waals surface area contributed by atoms with E-state index in [1.807, 2.05) is 18.2 Å². The van der Waals surface area contributed by atoms with E-state index in [1.165, 1.54) is 11.1 Å². The number of aromatic hydroxyl groups is 1. The minimum Gasteiger partial charge on any atom is -0.504 e. The summed E-state index contributed by atoms with van der Waals surface area (Å²) in [5.74, 6) is 3.41. The van der Waals surface area contributed by atoms with Crippen LogP contribution in [0.2, 0.25) is 0 Å². The van der Waals surface area contributed by atoms with Gasteiger partial charge in [-0.25, -0.2) is 0 Å². The normalized spacial score (nSPS) is 15.1. The molecule has 2 atom stereocenters. The lowest BCUT2D eigenvalue weighted by Crippen LogP contribution is -2.13. The maximum atomic E-state index is 9.70. The SMILES string of the molecule is COc1cc(C[C@@H](C)[C@@H](C)Cc2ccc3c(c2)OCO3)ccc1O. The second-order valence-electron chi connectivity index (χ2n) is 6.56. The molecule has 128 valence electrons. The number of rotatable bonds is 6. The molecule has 1 aliphatic heterocycles. The van der Waals surface area contributed by atoms with Gasteiger partial charge < -0.3 is 19.3 Å². The summed E-state index contributed by atoms with van der Waals surface area (Å²) in [5.41, 5.74) is 2.44. The van der Waals surface area contributed by atoms with E-state index in [4.69, 9.17) is 14.2 Å². The Bertz CT molecular complexity index is 694. The molecule has 4 heteroatoms. The Morgan fingerprint density at radius 2 is 1.58 bits per heavy atom. The predicted octanol–water partition coefficient (Wildman–Crippen LogP) is 4.19. The molecule has 0 bridgehead atoms. The largest absolute Gasteiger partial charge is 0.504 e. The maximum absolute atomic E-state index is 9.70. The van der Waals surface area contributed by atoms with Gasteiger partial charge in [-0.05, 0) is 60.1 Å². The summed E-state index contributed by atoms with van der Waals surface area (Å²) in [7, 11) is 1.57. The second-order valence-corrected chi connectivity index (χ2v) is 6.56. The molecule has 0 amide bonds. The third kappa shape index (κ3) is 3.58. The fraction of sp³-hybridized carbons (Fsp3) is 0.400. The summed E-state index contributed by atoms with van der Waals surface area (Å²) >= 11 is 0. The minimum absolute atomic E-state index is 0.183. The Balaban J connectivity index is 1.63. The molecule has 1 N–H and O–H groups in total. The van der Waals surface area contributed by atoms with Crippen LogP contribution < -0.4 is 14.2 Å². The van der Waals surface area contributed by atoms with Gasteiger partial charge in [-0.2, -0.15) is 0 Å². The molecule has 1 heterocycles. The van der Waals surface area contributed by atoms with Crippen LogP contribution >= 0.6 is 0 Å². The highest BCUT2D eigenvalue weighted by molar-refractivity contribution is 5.44. The number of fused-ring (bicyclic) bond motifs is 1. The number of phenolic OH excluding ortho intramolecular Hbond substituents is 1. The van der Waals surface area contributed by atoms with Crippen molar-refractivity contribution in [3.8, 4) is 23.0 Å². The number of methoxy groups -OCH3 is 1. The average Bonchev–Trinajstić information content (AvgIpc) is 3.04. The van der Waals surface area contributed by atoms with Gasteiger partial charge in [0.15, 0.2) is 23.0 Å². The molecule has 0 fully saturated rings. The number of phenols is 1. The Labute approximate surface area is 143 Å². The molecule has 2 aromatic rings. The van der Waals surface area contributed by atoms with Crippen molar-refractivity contribution in [2.24, 2.45) is 11.8 Å². The Hall–Kier alpha value is -2.36. The molecule has 4 nitrogen and oxygen atoms in total. The smallest absolute Gasteiger partial charge is 0.231 e. The van der Waals surface area contributed by atoms with E-state index < -0.39 is 0 Å². The highest BCUT2D eigenvalue weighted by Crippen LogP contribution is 2.34. The molecule has 0 aromatic heterocycles. The first-order valence-electron chi connectivity index (χ1n) is 8.31. The molecule has 0 saturated heterocycles. The molecule has 3 rings (SSSR count). The van der Waals surface area contributed by atoms with E-state index >= 15 is 0 Å². The highest BCUT2D eigenvalue weighted by atomic mass is 16.7. The molecule has 24 heavy (non-hydrogen) atoms. The van der Waals surface area contributed by atoms with Crippen LogP contribution in [0.5, 0.6) is 23.0 Å². The lowest BCUT2D eigenvalue weighted by Gasteiger charge is -2.20. The number of benzene rings is 2. The maximum Gasteiger partial charge on any atom is 0.231 e. The summed E-state index contributed by atoms with van der Waals surface area (Å²) < 4.78 is 16.0. The summed E-state index contributed by atoms with van der Waals surface area (Å²) in [5, 5.41) is 9.70. The van der Waals surface area contributed by atoms with Crippen molar-refractivity contribution in [3.63, 3.8) is 0 Å². The first-order valence-corrected chi connectivity index (χ1v) is 8.31. The number of hydrogen-bond donors (Lipinski definition) is 1. The van der Waals surface area contributed by atoms with Gasteiger partial charge in [0, 0.05) is 0 Å². The highest BCUT2D eigenvalue weighted by Gasteiger charge is 2.17. The van der Waals surface area contributed by atoms with Crippen molar-refractivity contribution in [2.45, 2.75) is 26.7 Å². The predicted molar refractivity (Wildman–Crippen MR) is 93.0 cm³/mol. The Morgan fingerprint density at radius 1 is 0.958 bits per heavy atom. The van der Waals surface area contributed by atoms with Crippen molar-refractivity contribution in [1.29, 1.82) is 0 Å². The zero-order valence-electron chi connectivity index (χ0n) is 14.4. The van der Waals surface area contributed by atoms with Gasteiger partial charge in [0.1, 0.15) is 0 Å². The molecule has 2 aromatic carbocycles. The molecule has 0 unspecified atom stereocenters. The van der Waals surface area contributed by atoms with Crippen LogP contribution in [0.15, 0.2) is 36.4 Å². The number of hydrogen-bond acceptors (Lipinski definition) is 4. The van der Waals surface area contributed by atoms with Crippen LogP contribution in [0.1, 0.15) is 25.0 Å². The van der Waals surface area contributed by atoms with Gasteiger partial charge in [0.05, 0.1) is 7.11 Å². The average molecular weight is 328 g/mol. The summed E-state index contributed by atoms with van der Waals surface area (Å²) in [6.07, 6.45) is 1.94. The monoisotopic (exact) mass is 328 g/mol. The quantitative estimate of drug-likeness (QED) is 0.864. The topological polar surface area (TPSA) is 47.9 Å². The molecular formula is C20H24O4. The Kier molecular flexibility index (Phi) is 4.84. The van der Waals surface area contributed by atoms with E-state index in [0.29, 0.717) is 24.4 Å². The third-order valence-electron chi connectivity index (χ3n) is 4.77. The molecule has 1 aliphatic rings. The first-order chi connectivity index (χ1) is 11.6. The fourth-order valence-corrected chi connectivity index (χ4v) is 3.06. The van der Waals surface area contributed by atoms with Gasteiger partial charge in [-0.15, -0.1) is 0 Å². The van der Waals surface area contributed by atoms with Crippen LogP contribution in [0.3, 0.4) is 0 Å². The lowest BCUT2D eigenvalue weighted by molar-refractivity contribution is 0.174. The van der Waals surface area contributed by atoms with E-state index in [0.717, 1.165) is 24.3 Å². The minimum atomic E-state index is 0.183. The van der Waals surface area contributed by atoms with Crippen LogP contribution in [-0.2, 0) is 12.8 Å². The molecule has 0 radical (unpaired) electrons. The van der Waals surface area contributed by atoms with Crippen molar-refractivity contribution >= 4 is 0 Å². The van der Waals surface area contributed by atoms with Crippen molar-refractivity contribution in [1.82, 2.24) is 0 Å². The van der Waals surface area contributed by atoms with E-state index in [-0.39, 0.29) is 5.75 Å². The molecular weight excluding hydrogens is 304 g/mol. The van der Waals surface area contributed by atoms with Crippen LogP contribution in [0, 0.1) is 11.8 Å². The molecule has 0 saturated carbocycles. The lowest BCUT2D eigenvalue weighted by atomic mass is 9.85. The van der Waals surface area contributed by atoms with Crippen molar-refractivity contribution < 1.29 is 19.3 Å². The van der Waals surface area contributed by atoms with Gasteiger partial charge in [0.2, 0.25) is 6.79 Å². The molecule has 0 aliphatic carbocycles. The fourth-order valence-electron chi connectivity index (χ4n) is 3.06. The van der Waals surface area contributed by atoms with E-state index in [1.54, 1.807) is 13.2 Å². The first kappa shape index (κ1) is 16.5. The van der Waals surface area contributed by atoms with Crippen LogP contribution in [0.4, 0.5) is 0 Å².